The van der Waals surface area contributed by atoms with Gasteiger partial charge in [0.15, 0.2) is 5.69 Å². The van der Waals surface area contributed by atoms with Gasteiger partial charge in [-0.2, -0.15) is 0 Å². The molecule has 0 aliphatic carbocycles. The van der Waals surface area contributed by atoms with Gasteiger partial charge in [-0.1, -0.05) is 18.1 Å². The van der Waals surface area contributed by atoms with E-state index in [1.165, 1.54) is 12.3 Å². The van der Waals surface area contributed by atoms with Gasteiger partial charge in [-0.15, -0.1) is 0 Å². The maximum absolute atomic E-state index is 11.9. The van der Waals surface area contributed by atoms with Gasteiger partial charge in [0.2, 0.25) is 0 Å². The SMILES string of the molecule is CCC(NC(=O)c1ccon1)c1cccc(C)n1. The van der Waals surface area contributed by atoms with Crippen LogP contribution in [-0.4, -0.2) is 16.0 Å². The average Bonchev–Trinajstić information content (AvgIpc) is 2.89. The Balaban J connectivity index is 2.13. The lowest BCUT2D eigenvalue weighted by atomic mass is 10.1. The Bertz CT molecular complexity index is 523. The molecule has 18 heavy (non-hydrogen) atoms. The zero-order valence-corrected chi connectivity index (χ0v) is 10.4. The van der Waals surface area contributed by atoms with Crippen LogP contribution in [0.3, 0.4) is 0 Å². The lowest BCUT2D eigenvalue weighted by Crippen LogP contribution is -2.29. The maximum atomic E-state index is 11.9. The summed E-state index contributed by atoms with van der Waals surface area (Å²) in [4.78, 5) is 16.3. The fraction of sp³-hybridized carbons (Fsp3) is 0.308. The molecule has 2 heterocycles. The molecule has 0 aliphatic heterocycles. The minimum Gasteiger partial charge on any atom is -0.364 e. The molecule has 94 valence electrons. The van der Waals surface area contributed by atoms with Crippen molar-refractivity contribution in [3.05, 3.63) is 47.6 Å². The highest BCUT2D eigenvalue weighted by Crippen LogP contribution is 2.15. The van der Waals surface area contributed by atoms with Gasteiger partial charge < -0.3 is 9.84 Å². The van der Waals surface area contributed by atoms with Crippen LogP contribution < -0.4 is 5.32 Å². The van der Waals surface area contributed by atoms with Gasteiger partial charge in [-0.3, -0.25) is 9.78 Å². The van der Waals surface area contributed by atoms with E-state index in [1.807, 2.05) is 32.0 Å². The van der Waals surface area contributed by atoms with E-state index in [9.17, 15) is 4.79 Å². The van der Waals surface area contributed by atoms with Crippen LogP contribution in [0.2, 0.25) is 0 Å². The topological polar surface area (TPSA) is 68.0 Å². The average molecular weight is 245 g/mol. The van der Waals surface area contributed by atoms with Crippen molar-refractivity contribution in [2.45, 2.75) is 26.3 Å². The molecule has 0 aromatic carbocycles. The fourth-order valence-corrected chi connectivity index (χ4v) is 1.71. The quantitative estimate of drug-likeness (QED) is 0.897. The van der Waals surface area contributed by atoms with Crippen LogP contribution in [0, 0.1) is 6.92 Å². The highest BCUT2D eigenvalue weighted by atomic mass is 16.5. The van der Waals surface area contributed by atoms with Gasteiger partial charge in [0.1, 0.15) is 6.26 Å². The first kappa shape index (κ1) is 12.3. The zero-order valence-electron chi connectivity index (χ0n) is 10.4. The molecule has 1 unspecified atom stereocenters. The number of nitrogens with one attached hydrogen (secondary N) is 1. The number of aryl methyl sites for hydroxylation is 1. The van der Waals surface area contributed by atoms with E-state index in [0.717, 1.165) is 17.8 Å². The highest BCUT2D eigenvalue weighted by molar-refractivity contribution is 5.92. The molecule has 1 amide bonds. The van der Waals surface area contributed by atoms with Crippen molar-refractivity contribution in [3.8, 4) is 0 Å². The summed E-state index contributed by atoms with van der Waals surface area (Å²) >= 11 is 0. The summed E-state index contributed by atoms with van der Waals surface area (Å²) in [5.41, 5.74) is 2.07. The van der Waals surface area contributed by atoms with E-state index in [0.29, 0.717) is 0 Å². The van der Waals surface area contributed by atoms with Crippen molar-refractivity contribution < 1.29 is 9.32 Å². The molecule has 0 saturated heterocycles. The van der Waals surface area contributed by atoms with E-state index in [2.05, 4.69) is 20.0 Å². The van der Waals surface area contributed by atoms with Gasteiger partial charge in [0, 0.05) is 11.8 Å². The highest BCUT2D eigenvalue weighted by Gasteiger charge is 2.16. The summed E-state index contributed by atoms with van der Waals surface area (Å²) in [5, 5.41) is 6.50. The molecule has 0 fully saturated rings. The van der Waals surface area contributed by atoms with Crippen molar-refractivity contribution in [3.63, 3.8) is 0 Å². The van der Waals surface area contributed by atoms with Crippen LogP contribution in [0.5, 0.6) is 0 Å². The second-order valence-corrected chi connectivity index (χ2v) is 4.02. The van der Waals surface area contributed by atoms with Crippen molar-refractivity contribution >= 4 is 5.91 Å². The Hall–Kier alpha value is -2.17. The third kappa shape index (κ3) is 2.74. The molecule has 0 radical (unpaired) electrons. The van der Waals surface area contributed by atoms with Crippen LogP contribution in [-0.2, 0) is 0 Å². The Morgan fingerprint density at radius 2 is 2.28 bits per heavy atom. The fourth-order valence-electron chi connectivity index (χ4n) is 1.71. The third-order valence-electron chi connectivity index (χ3n) is 2.65. The van der Waals surface area contributed by atoms with Crippen molar-refractivity contribution in [1.29, 1.82) is 0 Å². The maximum Gasteiger partial charge on any atom is 0.273 e. The number of nitrogens with zero attached hydrogens (tertiary/aromatic N) is 2. The van der Waals surface area contributed by atoms with E-state index >= 15 is 0 Å². The van der Waals surface area contributed by atoms with Gasteiger partial charge in [-0.25, -0.2) is 0 Å². The summed E-state index contributed by atoms with van der Waals surface area (Å²) < 4.78 is 4.65. The molecule has 0 bridgehead atoms. The summed E-state index contributed by atoms with van der Waals surface area (Å²) in [6.45, 7) is 3.92. The summed E-state index contributed by atoms with van der Waals surface area (Å²) in [6, 6.07) is 7.18. The van der Waals surface area contributed by atoms with E-state index < -0.39 is 0 Å². The summed E-state index contributed by atoms with van der Waals surface area (Å²) in [7, 11) is 0. The Morgan fingerprint density at radius 3 is 2.89 bits per heavy atom. The number of carbonyl (C=O) groups is 1. The molecule has 1 atom stereocenters. The Morgan fingerprint density at radius 1 is 1.44 bits per heavy atom. The standard InChI is InChI=1S/C13H15N3O2/c1-3-10(11-6-4-5-9(2)14-11)15-13(17)12-7-8-18-16-12/h4-8,10H,3H2,1-2H3,(H,15,17). The Labute approximate surface area is 105 Å². The molecule has 0 spiro atoms. The molecule has 2 aromatic rings. The number of hydrogen-bond acceptors (Lipinski definition) is 4. The van der Waals surface area contributed by atoms with E-state index in [1.54, 1.807) is 0 Å². The van der Waals surface area contributed by atoms with Gasteiger partial charge in [0.05, 0.1) is 11.7 Å². The molecular weight excluding hydrogens is 230 g/mol. The molecule has 1 N–H and O–H groups in total. The predicted octanol–water partition coefficient (Wildman–Crippen LogP) is 2.26. The molecule has 0 aliphatic rings. The molecule has 2 aromatic heterocycles. The number of carbonyl (C=O) groups excluding carboxylic acids is 1. The first-order valence-corrected chi connectivity index (χ1v) is 5.85. The minimum atomic E-state index is -0.251. The lowest BCUT2D eigenvalue weighted by Gasteiger charge is -2.15. The van der Waals surface area contributed by atoms with Crippen LogP contribution >= 0.6 is 0 Å². The molecule has 0 saturated carbocycles. The number of pyridine rings is 1. The van der Waals surface area contributed by atoms with Crippen LogP contribution in [0.4, 0.5) is 0 Å². The van der Waals surface area contributed by atoms with Crippen LogP contribution in [0.15, 0.2) is 35.1 Å². The minimum absolute atomic E-state index is 0.117. The second-order valence-electron chi connectivity index (χ2n) is 4.02. The predicted molar refractivity (Wildman–Crippen MR) is 66.0 cm³/mol. The first-order chi connectivity index (χ1) is 8.70. The smallest absolute Gasteiger partial charge is 0.273 e. The first-order valence-electron chi connectivity index (χ1n) is 5.85. The molecule has 2 rings (SSSR count). The monoisotopic (exact) mass is 245 g/mol. The molecule has 5 nitrogen and oxygen atoms in total. The molecular formula is C13H15N3O2. The number of hydrogen-bond donors (Lipinski definition) is 1. The van der Waals surface area contributed by atoms with Crippen LogP contribution in [0.25, 0.3) is 0 Å². The van der Waals surface area contributed by atoms with E-state index in [4.69, 9.17) is 0 Å². The molecule has 5 heteroatoms. The number of aromatic nitrogens is 2. The largest absolute Gasteiger partial charge is 0.364 e. The van der Waals surface area contributed by atoms with Gasteiger partial charge >= 0.3 is 0 Å². The number of rotatable bonds is 4. The second kappa shape index (κ2) is 5.44. The van der Waals surface area contributed by atoms with Gasteiger partial charge in [0.25, 0.3) is 5.91 Å². The zero-order chi connectivity index (χ0) is 13.0. The summed E-state index contributed by atoms with van der Waals surface area (Å²) in [5.74, 6) is -0.251. The van der Waals surface area contributed by atoms with E-state index in [-0.39, 0.29) is 17.6 Å². The van der Waals surface area contributed by atoms with Crippen molar-refractivity contribution in [2.75, 3.05) is 0 Å². The van der Waals surface area contributed by atoms with Crippen molar-refractivity contribution in [2.24, 2.45) is 0 Å². The normalized spacial score (nSPS) is 12.1. The van der Waals surface area contributed by atoms with Crippen molar-refractivity contribution in [1.82, 2.24) is 15.5 Å². The Kier molecular flexibility index (Phi) is 3.72. The van der Waals surface area contributed by atoms with Gasteiger partial charge in [-0.05, 0) is 25.5 Å². The lowest BCUT2D eigenvalue weighted by molar-refractivity contribution is 0.0925. The summed E-state index contributed by atoms with van der Waals surface area (Å²) in [6.07, 6.45) is 2.14. The number of amides is 1. The third-order valence-corrected chi connectivity index (χ3v) is 2.65. The van der Waals surface area contributed by atoms with Crippen LogP contribution in [0.1, 0.15) is 41.3 Å².